The number of alkyl carbamates (subject to hydrolysis) is 1. The van der Waals surface area contributed by atoms with E-state index in [9.17, 15) is 9.59 Å². The molecule has 0 fully saturated rings. The molecule has 0 aliphatic heterocycles. The van der Waals surface area contributed by atoms with E-state index in [2.05, 4.69) is 15.0 Å². The number of para-hydroxylation sites is 1. The molecule has 0 bridgehead atoms. The first kappa shape index (κ1) is 17.9. The van der Waals surface area contributed by atoms with E-state index in [1.165, 1.54) is 18.4 Å². The number of nitrogens with zero attached hydrogens (tertiary/aromatic N) is 1. The molecule has 7 heteroatoms. The van der Waals surface area contributed by atoms with Gasteiger partial charge in [0.15, 0.2) is 0 Å². The summed E-state index contributed by atoms with van der Waals surface area (Å²) in [6, 6.07) is 16.3. The Balaban J connectivity index is 1.66. The van der Waals surface area contributed by atoms with Crippen molar-refractivity contribution in [3.8, 4) is 0 Å². The number of rotatable bonds is 6. The summed E-state index contributed by atoms with van der Waals surface area (Å²) >= 11 is 1.47. The van der Waals surface area contributed by atoms with Gasteiger partial charge in [-0.3, -0.25) is 0 Å². The molecule has 1 heterocycles. The predicted molar refractivity (Wildman–Crippen MR) is 98.9 cm³/mol. The highest BCUT2D eigenvalue weighted by Crippen LogP contribution is 2.22. The van der Waals surface area contributed by atoms with Crippen LogP contribution in [0.5, 0.6) is 0 Å². The highest BCUT2D eigenvalue weighted by Gasteiger charge is 2.23. The van der Waals surface area contributed by atoms with Crippen molar-refractivity contribution in [1.29, 1.82) is 0 Å². The lowest BCUT2D eigenvalue weighted by molar-refractivity contribution is -0.147. The molecule has 1 N–H and O–H groups in total. The fraction of sp³-hybridized carbons (Fsp3) is 0.211. The van der Waals surface area contributed by atoms with Crippen LogP contribution in [-0.4, -0.2) is 30.2 Å². The van der Waals surface area contributed by atoms with E-state index >= 15 is 0 Å². The van der Waals surface area contributed by atoms with Crippen LogP contribution < -0.4 is 5.32 Å². The van der Waals surface area contributed by atoms with Gasteiger partial charge in [0.25, 0.3) is 0 Å². The number of benzene rings is 2. The Morgan fingerprint density at radius 3 is 2.58 bits per heavy atom. The second-order valence-corrected chi connectivity index (χ2v) is 6.68. The highest BCUT2D eigenvalue weighted by molar-refractivity contribution is 7.18. The predicted octanol–water partition coefficient (Wildman–Crippen LogP) is 3.31. The molecule has 6 nitrogen and oxygen atoms in total. The van der Waals surface area contributed by atoms with Gasteiger partial charge in [-0.1, -0.05) is 42.5 Å². The normalized spacial score (nSPS) is 11.7. The van der Waals surface area contributed by atoms with Gasteiger partial charge in [-0.15, -0.1) is 11.3 Å². The van der Waals surface area contributed by atoms with Crippen molar-refractivity contribution in [3.05, 3.63) is 65.2 Å². The van der Waals surface area contributed by atoms with Gasteiger partial charge in [0.1, 0.15) is 17.7 Å². The van der Waals surface area contributed by atoms with Crippen LogP contribution in [0.4, 0.5) is 4.79 Å². The summed E-state index contributed by atoms with van der Waals surface area (Å²) in [5, 5.41) is 3.23. The standard InChI is InChI=1S/C19H18N2O4S/c1-24-19(23)21-15(11-13-7-3-2-4-8-13)18(22)25-12-17-20-14-9-5-6-10-16(14)26-17/h2-10,15H,11-12H2,1H3,(H,21,23). The molecule has 0 aliphatic carbocycles. The molecule has 0 aliphatic rings. The Bertz CT molecular complexity index is 862. The first-order valence-corrected chi connectivity index (χ1v) is 8.87. The van der Waals surface area contributed by atoms with E-state index < -0.39 is 18.1 Å². The number of thiazole rings is 1. The molecule has 1 unspecified atom stereocenters. The summed E-state index contributed by atoms with van der Waals surface area (Å²) in [6.07, 6.45) is -0.364. The summed E-state index contributed by atoms with van der Waals surface area (Å²) in [5.41, 5.74) is 1.78. The van der Waals surface area contributed by atoms with Crippen LogP contribution in [0.2, 0.25) is 0 Å². The molecule has 134 valence electrons. The lowest BCUT2D eigenvalue weighted by atomic mass is 10.1. The lowest BCUT2D eigenvalue weighted by Crippen LogP contribution is -2.43. The van der Waals surface area contributed by atoms with Crippen LogP contribution in [0.25, 0.3) is 10.2 Å². The Morgan fingerprint density at radius 1 is 1.12 bits per heavy atom. The summed E-state index contributed by atoms with van der Waals surface area (Å²) in [5.74, 6) is -0.529. The average Bonchev–Trinajstić information content (AvgIpc) is 3.09. The number of fused-ring (bicyclic) bond motifs is 1. The number of ether oxygens (including phenoxy) is 2. The van der Waals surface area contributed by atoms with Crippen LogP contribution in [0, 0.1) is 0 Å². The molecule has 1 atom stereocenters. The third-order valence-corrected chi connectivity index (χ3v) is 4.73. The zero-order valence-electron chi connectivity index (χ0n) is 14.2. The van der Waals surface area contributed by atoms with E-state index in [4.69, 9.17) is 4.74 Å². The van der Waals surface area contributed by atoms with Gasteiger partial charge in [0, 0.05) is 6.42 Å². The van der Waals surface area contributed by atoms with Gasteiger partial charge < -0.3 is 14.8 Å². The molecule has 26 heavy (non-hydrogen) atoms. The van der Waals surface area contributed by atoms with E-state index in [0.717, 1.165) is 15.8 Å². The number of carbonyl (C=O) groups is 2. The van der Waals surface area contributed by atoms with E-state index in [0.29, 0.717) is 11.4 Å². The molecular formula is C19H18N2O4S. The molecule has 3 rings (SSSR count). The molecule has 0 saturated heterocycles. The third kappa shape index (κ3) is 4.58. The third-order valence-electron chi connectivity index (χ3n) is 3.72. The Labute approximate surface area is 154 Å². The summed E-state index contributed by atoms with van der Waals surface area (Å²) in [7, 11) is 1.25. The van der Waals surface area contributed by atoms with E-state index in [1.54, 1.807) is 0 Å². The summed E-state index contributed by atoms with van der Waals surface area (Å²) < 4.78 is 11.0. The lowest BCUT2D eigenvalue weighted by Gasteiger charge is -2.16. The van der Waals surface area contributed by atoms with Gasteiger partial charge in [-0.05, 0) is 17.7 Å². The largest absolute Gasteiger partial charge is 0.457 e. The van der Waals surface area contributed by atoms with E-state index in [-0.39, 0.29) is 6.61 Å². The number of hydrogen-bond donors (Lipinski definition) is 1. The van der Waals surface area contributed by atoms with Gasteiger partial charge in [0.2, 0.25) is 0 Å². The van der Waals surface area contributed by atoms with Gasteiger partial charge in [-0.2, -0.15) is 0 Å². The van der Waals surface area contributed by atoms with Crippen molar-refractivity contribution in [1.82, 2.24) is 10.3 Å². The van der Waals surface area contributed by atoms with Crippen molar-refractivity contribution in [2.45, 2.75) is 19.1 Å². The van der Waals surface area contributed by atoms with Gasteiger partial charge in [-0.25, -0.2) is 14.6 Å². The van der Waals surface area contributed by atoms with Crippen molar-refractivity contribution >= 4 is 33.6 Å². The Morgan fingerprint density at radius 2 is 1.85 bits per heavy atom. The molecule has 1 amide bonds. The number of aromatic nitrogens is 1. The van der Waals surface area contributed by atoms with Crippen LogP contribution in [-0.2, 0) is 27.3 Å². The average molecular weight is 370 g/mol. The van der Waals surface area contributed by atoms with Gasteiger partial charge in [0.05, 0.1) is 17.3 Å². The topological polar surface area (TPSA) is 77.5 Å². The highest BCUT2D eigenvalue weighted by atomic mass is 32.1. The minimum Gasteiger partial charge on any atom is -0.457 e. The Kier molecular flexibility index (Phi) is 5.80. The quantitative estimate of drug-likeness (QED) is 0.674. The molecule has 3 aromatic rings. The first-order valence-electron chi connectivity index (χ1n) is 8.05. The zero-order valence-corrected chi connectivity index (χ0v) is 15.0. The van der Waals surface area contributed by atoms with Crippen LogP contribution in [0.15, 0.2) is 54.6 Å². The van der Waals surface area contributed by atoms with Crippen molar-refractivity contribution < 1.29 is 19.1 Å². The maximum Gasteiger partial charge on any atom is 0.407 e. The summed E-state index contributed by atoms with van der Waals surface area (Å²) in [6.45, 7) is 0.0618. The second-order valence-electron chi connectivity index (χ2n) is 5.56. The molecule has 0 spiro atoms. The maximum atomic E-state index is 12.5. The van der Waals surface area contributed by atoms with Crippen LogP contribution >= 0.6 is 11.3 Å². The van der Waals surface area contributed by atoms with Gasteiger partial charge >= 0.3 is 12.1 Å². The van der Waals surface area contributed by atoms with E-state index in [1.807, 2.05) is 54.6 Å². The minimum absolute atomic E-state index is 0.0618. The number of methoxy groups -OCH3 is 1. The first-order chi connectivity index (χ1) is 12.7. The molecule has 2 aromatic carbocycles. The Hall–Kier alpha value is -2.93. The number of hydrogen-bond acceptors (Lipinski definition) is 6. The van der Waals surface area contributed by atoms with Crippen LogP contribution in [0.1, 0.15) is 10.6 Å². The second kappa shape index (κ2) is 8.44. The molecule has 1 aromatic heterocycles. The number of carbonyl (C=O) groups excluding carboxylic acids is 2. The SMILES string of the molecule is COC(=O)NC(Cc1ccccc1)C(=O)OCc1nc2ccccc2s1. The minimum atomic E-state index is -0.834. The van der Waals surface area contributed by atoms with Crippen molar-refractivity contribution in [2.24, 2.45) is 0 Å². The zero-order chi connectivity index (χ0) is 18.4. The monoisotopic (exact) mass is 370 g/mol. The van der Waals surface area contributed by atoms with Crippen molar-refractivity contribution in [3.63, 3.8) is 0 Å². The smallest absolute Gasteiger partial charge is 0.407 e. The number of amides is 1. The summed E-state index contributed by atoms with van der Waals surface area (Å²) in [4.78, 5) is 28.5. The molecule has 0 saturated carbocycles. The number of esters is 1. The van der Waals surface area contributed by atoms with Crippen LogP contribution in [0.3, 0.4) is 0 Å². The number of nitrogens with one attached hydrogen (secondary N) is 1. The molecule has 0 radical (unpaired) electrons. The molecular weight excluding hydrogens is 352 g/mol. The maximum absolute atomic E-state index is 12.5. The fourth-order valence-electron chi connectivity index (χ4n) is 2.46. The fourth-order valence-corrected chi connectivity index (χ4v) is 3.34. The van der Waals surface area contributed by atoms with Crippen molar-refractivity contribution in [2.75, 3.05) is 7.11 Å².